The number of nitrogens with zero attached hydrogens (tertiary/aromatic N) is 3. The maximum absolute atomic E-state index is 13.5. The molecule has 1 aliphatic heterocycles. The highest BCUT2D eigenvalue weighted by Crippen LogP contribution is 2.37. The molecule has 1 N–H and O–H groups in total. The van der Waals surface area contributed by atoms with Gasteiger partial charge >= 0.3 is 0 Å². The summed E-state index contributed by atoms with van der Waals surface area (Å²) in [5.41, 5.74) is 2.02. The Hall–Kier alpha value is -1.69. The lowest BCUT2D eigenvalue weighted by Gasteiger charge is -2.20. The van der Waals surface area contributed by atoms with Gasteiger partial charge in [-0.1, -0.05) is 6.07 Å². The molecule has 0 spiro atoms. The van der Waals surface area contributed by atoms with Crippen LogP contribution < -0.4 is 10.2 Å². The molecule has 2 aromatic rings. The fourth-order valence-electron chi connectivity index (χ4n) is 2.36. The molecule has 20 heavy (non-hydrogen) atoms. The van der Waals surface area contributed by atoms with E-state index in [1.807, 2.05) is 17.9 Å². The predicted octanol–water partition coefficient (Wildman–Crippen LogP) is 3.50. The molecule has 0 saturated carbocycles. The monoisotopic (exact) mass is 336 g/mol. The summed E-state index contributed by atoms with van der Waals surface area (Å²) in [7, 11) is 0. The van der Waals surface area contributed by atoms with E-state index in [-0.39, 0.29) is 5.82 Å². The van der Waals surface area contributed by atoms with Crippen molar-refractivity contribution in [1.82, 2.24) is 9.97 Å². The number of aromatic nitrogens is 2. The average molecular weight is 337 g/mol. The maximum Gasteiger partial charge on any atom is 0.224 e. The van der Waals surface area contributed by atoms with Crippen molar-refractivity contribution in [1.29, 1.82) is 0 Å². The first-order valence-corrected chi connectivity index (χ1v) is 7.30. The number of hydrogen-bond donors (Lipinski definition) is 1. The zero-order chi connectivity index (χ0) is 14.1. The molecule has 0 saturated heterocycles. The van der Waals surface area contributed by atoms with Crippen LogP contribution in [-0.4, -0.2) is 23.1 Å². The summed E-state index contributed by atoms with van der Waals surface area (Å²) >= 11 is 3.47. The van der Waals surface area contributed by atoms with Crippen molar-refractivity contribution in [2.24, 2.45) is 0 Å². The van der Waals surface area contributed by atoms with Gasteiger partial charge in [0.15, 0.2) is 5.82 Å². The minimum atomic E-state index is -0.229. The predicted molar refractivity (Wildman–Crippen MR) is 81.0 cm³/mol. The smallest absolute Gasteiger partial charge is 0.224 e. The molecule has 104 valence electrons. The quantitative estimate of drug-likeness (QED) is 0.931. The van der Waals surface area contributed by atoms with Crippen LogP contribution >= 0.6 is 15.9 Å². The third kappa shape index (κ3) is 2.35. The van der Waals surface area contributed by atoms with Gasteiger partial charge in [0.1, 0.15) is 5.82 Å². The normalized spacial score (nSPS) is 13.4. The van der Waals surface area contributed by atoms with E-state index in [9.17, 15) is 4.39 Å². The molecule has 0 fully saturated rings. The Morgan fingerprint density at radius 1 is 1.45 bits per heavy atom. The van der Waals surface area contributed by atoms with E-state index in [0.717, 1.165) is 41.1 Å². The fourth-order valence-corrected chi connectivity index (χ4v) is 2.77. The molecular formula is C14H14BrFN4. The van der Waals surface area contributed by atoms with Gasteiger partial charge in [0.05, 0.1) is 4.47 Å². The van der Waals surface area contributed by atoms with Gasteiger partial charge in [-0.15, -0.1) is 0 Å². The topological polar surface area (TPSA) is 41.1 Å². The molecule has 1 aromatic heterocycles. The van der Waals surface area contributed by atoms with Gasteiger partial charge in [-0.05, 0) is 47.0 Å². The SMILES string of the molecule is CCNc1ncc(Br)c(N2CCc3ccc(F)cc32)n1. The van der Waals surface area contributed by atoms with Gasteiger partial charge < -0.3 is 10.2 Å². The molecule has 0 amide bonds. The Morgan fingerprint density at radius 3 is 3.10 bits per heavy atom. The first-order valence-electron chi connectivity index (χ1n) is 6.51. The molecule has 4 nitrogen and oxygen atoms in total. The molecule has 0 atom stereocenters. The van der Waals surface area contributed by atoms with Gasteiger partial charge in [0, 0.05) is 25.0 Å². The lowest BCUT2D eigenvalue weighted by molar-refractivity contribution is 0.628. The average Bonchev–Trinajstić information content (AvgIpc) is 2.84. The first kappa shape index (κ1) is 13.3. The molecule has 0 bridgehead atoms. The Kier molecular flexibility index (Phi) is 3.56. The van der Waals surface area contributed by atoms with Crippen LogP contribution in [0.5, 0.6) is 0 Å². The van der Waals surface area contributed by atoms with E-state index in [0.29, 0.717) is 5.95 Å². The van der Waals surface area contributed by atoms with Crippen LogP contribution in [0.4, 0.5) is 21.8 Å². The zero-order valence-electron chi connectivity index (χ0n) is 11.0. The van der Waals surface area contributed by atoms with Crippen LogP contribution in [0.2, 0.25) is 0 Å². The third-order valence-corrected chi connectivity index (χ3v) is 3.82. The van der Waals surface area contributed by atoms with E-state index in [1.165, 1.54) is 6.07 Å². The van der Waals surface area contributed by atoms with E-state index in [4.69, 9.17) is 0 Å². The maximum atomic E-state index is 13.5. The number of benzene rings is 1. The Labute approximate surface area is 125 Å². The number of halogens is 2. The largest absolute Gasteiger partial charge is 0.354 e. The number of nitrogens with one attached hydrogen (secondary N) is 1. The molecule has 3 rings (SSSR count). The van der Waals surface area contributed by atoms with Crippen LogP contribution in [0.25, 0.3) is 0 Å². The molecule has 2 heterocycles. The summed E-state index contributed by atoms with van der Waals surface area (Å²) in [4.78, 5) is 10.7. The van der Waals surface area contributed by atoms with Crippen molar-refractivity contribution in [3.05, 3.63) is 40.2 Å². The van der Waals surface area contributed by atoms with Crippen LogP contribution in [0.1, 0.15) is 12.5 Å². The minimum absolute atomic E-state index is 0.229. The van der Waals surface area contributed by atoms with Crippen LogP contribution in [0.3, 0.4) is 0 Å². The number of fused-ring (bicyclic) bond motifs is 1. The van der Waals surface area contributed by atoms with Crippen LogP contribution in [0, 0.1) is 5.82 Å². The number of hydrogen-bond acceptors (Lipinski definition) is 4. The van der Waals surface area contributed by atoms with Gasteiger partial charge in [0.2, 0.25) is 5.95 Å². The van der Waals surface area contributed by atoms with Crippen molar-refractivity contribution >= 4 is 33.4 Å². The fraction of sp³-hybridized carbons (Fsp3) is 0.286. The summed E-state index contributed by atoms with van der Waals surface area (Å²) in [5.74, 6) is 1.11. The summed E-state index contributed by atoms with van der Waals surface area (Å²) in [6, 6.07) is 4.90. The van der Waals surface area contributed by atoms with E-state index < -0.39 is 0 Å². The van der Waals surface area contributed by atoms with Crippen molar-refractivity contribution in [2.45, 2.75) is 13.3 Å². The standard InChI is InChI=1S/C14H14BrFN4/c1-2-17-14-18-8-11(15)13(19-14)20-6-5-9-3-4-10(16)7-12(9)20/h3-4,7-8H,2,5-6H2,1H3,(H,17,18,19). The summed E-state index contributed by atoms with van der Waals surface area (Å²) in [6.45, 7) is 3.54. The molecule has 6 heteroatoms. The Bertz CT molecular complexity index is 647. The van der Waals surface area contributed by atoms with E-state index >= 15 is 0 Å². The lowest BCUT2D eigenvalue weighted by atomic mass is 10.2. The number of anilines is 3. The Morgan fingerprint density at radius 2 is 2.30 bits per heavy atom. The van der Waals surface area contributed by atoms with E-state index in [2.05, 4.69) is 31.2 Å². The third-order valence-electron chi connectivity index (χ3n) is 3.26. The van der Waals surface area contributed by atoms with Crippen molar-refractivity contribution < 1.29 is 4.39 Å². The van der Waals surface area contributed by atoms with Gasteiger partial charge in [-0.25, -0.2) is 9.37 Å². The van der Waals surface area contributed by atoms with Gasteiger partial charge in [-0.2, -0.15) is 4.98 Å². The highest BCUT2D eigenvalue weighted by atomic mass is 79.9. The second kappa shape index (κ2) is 5.36. The first-order chi connectivity index (χ1) is 9.69. The molecule has 0 unspecified atom stereocenters. The van der Waals surface area contributed by atoms with Crippen molar-refractivity contribution in [3.8, 4) is 0 Å². The van der Waals surface area contributed by atoms with E-state index in [1.54, 1.807) is 12.3 Å². The van der Waals surface area contributed by atoms with Gasteiger partial charge in [-0.3, -0.25) is 0 Å². The molecule has 0 radical (unpaired) electrons. The highest BCUT2D eigenvalue weighted by molar-refractivity contribution is 9.10. The van der Waals surface area contributed by atoms with Crippen LogP contribution in [0.15, 0.2) is 28.9 Å². The molecule has 0 aliphatic carbocycles. The minimum Gasteiger partial charge on any atom is -0.354 e. The second-order valence-electron chi connectivity index (χ2n) is 4.57. The molecular weight excluding hydrogens is 323 g/mol. The summed E-state index contributed by atoms with van der Waals surface area (Å²) < 4.78 is 14.3. The van der Waals surface area contributed by atoms with Crippen molar-refractivity contribution in [3.63, 3.8) is 0 Å². The lowest BCUT2D eigenvalue weighted by Crippen LogP contribution is -2.17. The van der Waals surface area contributed by atoms with Crippen molar-refractivity contribution in [2.75, 3.05) is 23.3 Å². The second-order valence-corrected chi connectivity index (χ2v) is 5.42. The molecule has 1 aromatic carbocycles. The van der Waals surface area contributed by atoms with Crippen LogP contribution in [-0.2, 0) is 6.42 Å². The highest BCUT2D eigenvalue weighted by Gasteiger charge is 2.24. The number of rotatable bonds is 3. The zero-order valence-corrected chi connectivity index (χ0v) is 12.6. The van der Waals surface area contributed by atoms with Gasteiger partial charge in [0.25, 0.3) is 0 Å². The summed E-state index contributed by atoms with van der Waals surface area (Å²) in [5, 5.41) is 3.09. The Balaban J connectivity index is 2.03. The molecule has 1 aliphatic rings. The summed E-state index contributed by atoms with van der Waals surface area (Å²) in [6.07, 6.45) is 2.61.